The van der Waals surface area contributed by atoms with Gasteiger partial charge in [0.15, 0.2) is 5.82 Å². The number of nitrogens with zero attached hydrogens (tertiary/aromatic N) is 2. The minimum atomic E-state index is -3.32. The van der Waals surface area contributed by atoms with Gasteiger partial charge < -0.3 is 30.3 Å². The number of hydrogen-bond acceptors (Lipinski definition) is 9. The van der Waals surface area contributed by atoms with E-state index in [2.05, 4.69) is 48.8 Å². The van der Waals surface area contributed by atoms with E-state index < -0.39 is 10.0 Å². The van der Waals surface area contributed by atoms with E-state index in [4.69, 9.17) is 21.1 Å². The van der Waals surface area contributed by atoms with Crippen LogP contribution in [0.1, 0.15) is 37.4 Å². The Morgan fingerprint density at radius 1 is 1.17 bits per heavy atom. The first-order valence-corrected chi connectivity index (χ1v) is 14.6. The summed E-state index contributed by atoms with van der Waals surface area (Å²) in [4.78, 5) is 6.78. The Kier molecular flexibility index (Phi) is 7.34. The van der Waals surface area contributed by atoms with Crippen LogP contribution in [0.25, 0.3) is 0 Å². The maximum atomic E-state index is 11.9. The average molecular weight is 537 g/mol. The van der Waals surface area contributed by atoms with Gasteiger partial charge in [-0.3, -0.25) is 0 Å². The summed E-state index contributed by atoms with van der Waals surface area (Å²) in [6, 6.07) is 5.92. The Hall–Kier alpha value is -2.47. The summed E-state index contributed by atoms with van der Waals surface area (Å²) in [6.07, 6.45) is 6.16. The highest BCUT2D eigenvalue weighted by Gasteiger charge is 2.32. The molecule has 36 heavy (non-hydrogen) atoms. The molecule has 2 aromatic rings. The zero-order chi connectivity index (χ0) is 25.3. The predicted octanol–water partition coefficient (Wildman–Crippen LogP) is 3.39. The van der Waals surface area contributed by atoms with E-state index in [0.29, 0.717) is 16.5 Å². The van der Waals surface area contributed by atoms with E-state index in [1.54, 1.807) is 13.3 Å². The highest BCUT2D eigenvalue weighted by molar-refractivity contribution is 7.88. The molecule has 4 N–H and O–H groups in total. The third kappa shape index (κ3) is 5.44. The summed E-state index contributed by atoms with van der Waals surface area (Å²) in [7, 11) is -1.65. The van der Waals surface area contributed by atoms with Gasteiger partial charge >= 0.3 is 0 Å². The first-order valence-electron chi connectivity index (χ1n) is 12.3. The zero-order valence-electron chi connectivity index (χ0n) is 20.5. The summed E-state index contributed by atoms with van der Waals surface area (Å²) in [5.41, 5.74) is 3.52. The third-order valence-electron chi connectivity index (χ3n) is 6.97. The number of rotatable bonds is 7. The van der Waals surface area contributed by atoms with Crippen LogP contribution >= 0.6 is 11.6 Å². The number of morpholine rings is 1. The van der Waals surface area contributed by atoms with Crippen LogP contribution < -0.4 is 30.3 Å². The molecule has 0 amide bonds. The van der Waals surface area contributed by atoms with Crippen LogP contribution in [-0.2, 0) is 14.8 Å². The van der Waals surface area contributed by atoms with Crippen LogP contribution in [0, 0.1) is 0 Å². The monoisotopic (exact) mass is 536 g/mol. The number of hydrogen-bond donors (Lipinski definition) is 4. The molecule has 1 saturated heterocycles. The largest absolute Gasteiger partial charge is 0.496 e. The highest BCUT2D eigenvalue weighted by Crippen LogP contribution is 2.45. The maximum Gasteiger partial charge on any atom is 0.209 e. The molecule has 1 aliphatic carbocycles. The second-order valence-electron chi connectivity index (χ2n) is 9.48. The second kappa shape index (κ2) is 10.5. The van der Waals surface area contributed by atoms with Crippen molar-refractivity contribution in [3.8, 4) is 5.75 Å². The average Bonchev–Trinajstić information content (AvgIpc) is 3.30. The fourth-order valence-electron chi connectivity index (χ4n) is 5.21. The number of fused-ring (bicyclic) bond motifs is 1. The minimum Gasteiger partial charge on any atom is -0.496 e. The standard InChI is InChI=1S/C24H33ClN6O4S/c1-34-20-13-15(31-9-11-35-12-10-31)7-8-16(20)23-28-22-21(17(25)14-26-24(22)29-23)27-18-5-3-4-6-19(18)30-36(2,32)33/h7-8,13-14,18-19,23,28,30H,3-6,9-12H2,1-2H3,(H2,26,27,29). The van der Waals surface area contributed by atoms with E-state index in [1.165, 1.54) is 6.26 Å². The van der Waals surface area contributed by atoms with Gasteiger partial charge in [0.1, 0.15) is 17.6 Å². The van der Waals surface area contributed by atoms with E-state index in [0.717, 1.165) is 74.7 Å². The topological polar surface area (TPSA) is 117 Å². The number of methoxy groups -OCH3 is 1. The summed E-state index contributed by atoms with van der Waals surface area (Å²) in [5, 5.41) is 10.9. The van der Waals surface area contributed by atoms with Gasteiger partial charge in [-0.05, 0) is 25.0 Å². The van der Waals surface area contributed by atoms with E-state index in [9.17, 15) is 8.42 Å². The Morgan fingerprint density at radius 3 is 2.64 bits per heavy atom. The molecular formula is C24H33ClN6O4S. The number of anilines is 4. The lowest BCUT2D eigenvalue weighted by Crippen LogP contribution is -2.48. The van der Waals surface area contributed by atoms with Crippen molar-refractivity contribution in [2.75, 3.05) is 60.5 Å². The molecule has 1 aromatic carbocycles. The van der Waals surface area contributed by atoms with Gasteiger partial charge in [0.25, 0.3) is 0 Å². The molecule has 1 aromatic heterocycles. The number of halogens is 1. The van der Waals surface area contributed by atoms with E-state index in [1.807, 2.05) is 0 Å². The number of pyridine rings is 1. The van der Waals surface area contributed by atoms with Crippen LogP contribution in [0.5, 0.6) is 5.75 Å². The molecule has 0 radical (unpaired) electrons. The molecule has 5 rings (SSSR count). The molecule has 12 heteroatoms. The van der Waals surface area contributed by atoms with E-state index in [-0.39, 0.29) is 18.2 Å². The number of ether oxygens (including phenoxy) is 2. The number of benzene rings is 1. The van der Waals surface area contributed by atoms with Crippen LogP contribution in [0.2, 0.25) is 5.02 Å². The molecule has 1 saturated carbocycles. The molecule has 196 valence electrons. The molecule has 3 atom stereocenters. The lowest BCUT2D eigenvalue weighted by molar-refractivity contribution is 0.122. The maximum absolute atomic E-state index is 11.9. The molecule has 2 aliphatic heterocycles. The van der Waals surface area contributed by atoms with Crippen LogP contribution in [0.15, 0.2) is 24.4 Å². The zero-order valence-corrected chi connectivity index (χ0v) is 22.1. The minimum absolute atomic E-state index is 0.0827. The predicted molar refractivity (Wildman–Crippen MR) is 143 cm³/mol. The molecule has 2 fully saturated rings. The van der Waals surface area contributed by atoms with Crippen molar-refractivity contribution in [3.63, 3.8) is 0 Å². The van der Waals surface area contributed by atoms with Gasteiger partial charge in [0.05, 0.1) is 43.5 Å². The van der Waals surface area contributed by atoms with Crippen molar-refractivity contribution >= 4 is 44.5 Å². The highest BCUT2D eigenvalue weighted by atomic mass is 35.5. The summed E-state index contributed by atoms with van der Waals surface area (Å²) < 4.78 is 37.9. The Labute approximate surface area is 217 Å². The normalized spacial score (nSPS) is 24.0. The van der Waals surface area contributed by atoms with Gasteiger partial charge in [-0.15, -0.1) is 0 Å². The molecular weight excluding hydrogens is 504 g/mol. The van der Waals surface area contributed by atoms with Crippen molar-refractivity contribution in [3.05, 3.63) is 35.0 Å². The number of aromatic nitrogens is 1. The fourth-order valence-corrected chi connectivity index (χ4v) is 6.24. The summed E-state index contributed by atoms with van der Waals surface area (Å²) in [5.74, 6) is 1.44. The SMILES string of the molecule is COc1cc(N2CCOCC2)ccc1C1Nc2ncc(Cl)c(NC3CCCCC3NS(C)(=O)=O)c2N1. The second-order valence-corrected chi connectivity index (χ2v) is 11.7. The number of sulfonamides is 1. The van der Waals surface area contributed by atoms with Gasteiger partial charge in [0.2, 0.25) is 10.0 Å². The van der Waals surface area contributed by atoms with Crippen LogP contribution in [0.3, 0.4) is 0 Å². The summed E-state index contributed by atoms with van der Waals surface area (Å²) in [6.45, 7) is 3.13. The lowest BCUT2D eigenvalue weighted by atomic mass is 9.91. The Bertz CT molecular complexity index is 1210. The van der Waals surface area contributed by atoms with Crippen molar-refractivity contribution in [1.29, 1.82) is 0 Å². The molecule has 3 aliphatic rings. The van der Waals surface area contributed by atoms with Gasteiger partial charge in [-0.25, -0.2) is 18.1 Å². The van der Waals surface area contributed by atoms with Gasteiger partial charge in [0, 0.05) is 42.5 Å². The van der Waals surface area contributed by atoms with Crippen molar-refractivity contribution in [2.45, 2.75) is 43.9 Å². The quantitative estimate of drug-likeness (QED) is 0.422. The molecule has 0 spiro atoms. The van der Waals surface area contributed by atoms with Gasteiger partial charge in [-0.2, -0.15) is 0 Å². The number of nitrogens with one attached hydrogen (secondary N) is 4. The summed E-state index contributed by atoms with van der Waals surface area (Å²) >= 11 is 6.60. The Balaban J connectivity index is 1.38. The molecule has 3 heterocycles. The molecule has 3 unspecified atom stereocenters. The van der Waals surface area contributed by atoms with Gasteiger partial charge in [-0.1, -0.05) is 24.4 Å². The lowest BCUT2D eigenvalue weighted by Gasteiger charge is -2.33. The Morgan fingerprint density at radius 2 is 1.92 bits per heavy atom. The molecule has 0 bridgehead atoms. The fraction of sp³-hybridized carbons (Fsp3) is 0.542. The van der Waals surface area contributed by atoms with Crippen molar-refractivity contribution in [2.24, 2.45) is 0 Å². The third-order valence-corrected chi connectivity index (χ3v) is 7.99. The smallest absolute Gasteiger partial charge is 0.209 e. The van der Waals surface area contributed by atoms with E-state index >= 15 is 0 Å². The van der Waals surface area contributed by atoms with Crippen LogP contribution in [0.4, 0.5) is 22.9 Å². The van der Waals surface area contributed by atoms with Crippen molar-refractivity contribution < 1.29 is 17.9 Å². The first-order chi connectivity index (χ1) is 17.3. The van der Waals surface area contributed by atoms with Crippen LogP contribution in [-0.4, -0.2) is 65.2 Å². The van der Waals surface area contributed by atoms with Crippen molar-refractivity contribution in [1.82, 2.24) is 9.71 Å². The first kappa shape index (κ1) is 25.2. The molecule has 10 nitrogen and oxygen atoms in total.